The fourth-order valence-corrected chi connectivity index (χ4v) is 3.50. The van der Waals surface area contributed by atoms with E-state index in [-0.39, 0.29) is 25.4 Å². The van der Waals surface area contributed by atoms with Gasteiger partial charge >= 0.3 is 6.09 Å². The number of hydrogen-bond donors (Lipinski definition) is 0. The van der Waals surface area contributed by atoms with Gasteiger partial charge in [-0.15, -0.1) is 6.58 Å². The molecule has 2 atom stereocenters. The lowest BCUT2D eigenvalue weighted by Crippen LogP contribution is -2.43. The molecule has 6 nitrogen and oxygen atoms in total. The zero-order chi connectivity index (χ0) is 22.1. The van der Waals surface area contributed by atoms with E-state index < -0.39 is 12.0 Å². The van der Waals surface area contributed by atoms with Crippen LogP contribution in [0, 0.1) is 0 Å². The lowest BCUT2D eigenvalue weighted by molar-refractivity contribution is -0.137. The summed E-state index contributed by atoms with van der Waals surface area (Å²) < 4.78 is 16.7. The van der Waals surface area contributed by atoms with E-state index in [0.717, 1.165) is 16.7 Å². The molecule has 2 aromatic carbocycles. The highest BCUT2D eigenvalue weighted by Gasteiger charge is 2.38. The van der Waals surface area contributed by atoms with Crippen LogP contribution in [-0.4, -0.2) is 48.9 Å². The quantitative estimate of drug-likeness (QED) is 0.508. The zero-order valence-corrected chi connectivity index (χ0v) is 17.9. The number of amides is 2. The minimum atomic E-state index is -0.619. The van der Waals surface area contributed by atoms with Crippen molar-refractivity contribution >= 4 is 12.0 Å². The van der Waals surface area contributed by atoms with Gasteiger partial charge in [0.25, 0.3) is 5.91 Å². The van der Waals surface area contributed by atoms with Gasteiger partial charge in [0.1, 0.15) is 13.2 Å². The van der Waals surface area contributed by atoms with Crippen LogP contribution in [0.1, 0.15) is 24.5 Å². The molecule has 0 spiro atoms. The van der Waals surface area contributed by atoms with E-state index in [1.165, 1.54) is 4.90 Å². The first-order chi connectivity index (χ1) is 15.0. The van der Waals surface area contributed by atoms with Crippen molar-refractivity contribution in [1.29, 1.82) is 0 Å². The lowest BCUT2D eigenvalue weighted by atomic mass is 10.1. The van der Waals surface area contributed by atoms with Gasteiger partial charge in [0.2, 0.25) is 0 Å². The molecule has 0 aliphatic carbocycles. The van der Waals surface area contributed by atoms with Crippen LogP contribution in [0.5, 0.6) is 0 Å². The second-order valence-electron chi connectivity index (χ2n) is 7.78. The van der Waals surface area contributed by atoms with Gasteiger partial charge in [-0.05, 0) is 30.9 Å². The molecule has 31 heavy (non-hydrogen) atoms. The van der Waals surface area contributed by atoms with Crippen molar-refractivity contribution in [3.05, 3.63) is 83.9 Å². The first-order valence-electron chi connectivity index (χ1n) is 10.4. The normalized spacial score (nSPS) is 16.7. The Labute approximate surface area is 183 Å². The molecular weight excluding hydrogens is 394 g/mol. The van der Waals surface area contributed by atoms with Crippen molar-refractivity contribution in [2.75, 3.05) is 19.8 Å². The van der Waals surface area contributed by atoms with E-state index in [9.17, 15) is 9.59 Å². The van der Waals surface area contributed by atoms with E-state index in [2.05, 4.69) is 6.58 Å². The summed E-state index contributed by atoms with van der Waals surface area (Å²) in [7, 11) is 0. The van der Waals surface area contributed by atoms with Gasteiger partial charge in [-0.25, -0.2) is 9.69 Å². The summed E-state index contributed by atoms with van der Waals surface area (Å²) >= 11 is 0. The number of imide groups is 1. The third-order valence-corrected chi connectivity index (χ3v) is 4.98. The first-order valence-corrected chi connectivity index (χ1v) is 10.4. The van der Waals surface area contributed by atoms with E-state index in [4.69, 9.17) is 14.2 Å². The molecule has 0 unspecified atom stereocenters. The number of ether oxygens (including phenoxy) is 3. The van der Waals surface area contributed by atoms with Gasteiger partial charge in [-0.1, -0.05) is 66.2 Å². The molecule has 0 radical (unpaired) electrons. The molecule has 1 heterocycles. The maximum atomic E-state index is 12.8. The minimum Gasteiger partial charge on any atom is -0.447 e. The molecule has 1 saturated heterocycles. The Hall–Kier alpha value is -2.96. The van der Waals surface area contributed by atoms with Crippen LogP contribution >= 0.6 is 0 Å². The second kappa shape index (κ2) is 11.4. The summed E-state index contributed by atoms with van der Waals surface area (Å²) in [6.45, 7) is 6.60. The van der Waals surface area contributed by atoms with Gasteiger partial charge in [-0.3, -0.25) is 4.79 Å². The summed E-state index contributed by atoms with van der Waals surface area (Å²) in [4.78, 5) is 26.1. The first kappa shape index (κ1) is 22.7. The number of cyclic esters (lactones) is 1. The van der Waals surface area contributed by atoms with Crippen LogP contribution in [-0.2, 0) is 32.0 Å². The number of benzene rings is 2. The average molecular weight is 424 g/mol. The second-order valence-corrected chi connectivity index (χ2v) is 7.78. The maximum absolute atomic E-state index is 12.8. The van der Waals surface area contributed by atoms with Gasteiger partial charge in [0, 0.05) is 0 Å². The topological polar surface area (TPSA) is 65.1 Å². The fraction of sp³-hybridized carbons (Fsp3) is 0.360. The molecule has 0 saturated carbocycles. The summed E-state index contributed by atoms with van der Waals surface area (Å²) in [5, 5.41) is 0. The van der Waals surface area contributed by atoms with Gasteiger partial charge < -0.3 is 14.2 Å². The van der Waals surface area contributed by atoms with Crippen molar-refractivity contribution in [2.45, 2.75) is 38.5 Å². The molecule has 0 N–H and O–H groups in total. The summed E-state index contributed by atoms with van der Waals surface area (Å²) in [5.41, 5.74) is 3.04. The highest BCUT2D eigenvalue weighted by Crippen LogP contribution is 2.18. The van der Waals surface area contributed by atoms with Crippen molar-refractivity contribution in [3.8, 4) is 0 Å². The van der Waals surface area contributed by atoms with Crippen LogP contribution in [0.4, 0.5) is 4.79 Å². The van der Waals surface area contributed by atoms with Gasteiger partial charge in [-0.2, -0.15) is 0 Å². The Bertz CT molecular complexity index is 868. The SMILES string of the molecule is C=C(C)C[C@H](COCc1ccccc1)OCC(=O)N1C(=O)OC[C@@H]1Cc1ccccc1. The van der Waals surface area contributed by atoms with Gasteiger partial charge in [0.05, 0.1) is 25.4 Å². The van der Waals surface area contributed by atoms with Crippen LogP contribution in [0.3, 0.4) is 0 Å². The van der Waals surface area contributed by atoms with E-state index in [0.29, 0.717) is 26.1 Å². The summed E-state index contributed by atoms with van der Waals surface area (Å²) in [6, 6.07) is 19.2. The summed E-state index contributed by atoms with van der Waals surface area (Å²) in [5.74, 6) is -0.404. The molecular formula is C25H29NO5. The molecule has 1 fully saturated rings. The Balaban J connectivity index is 1.53. The Morgan fingerprint density at radius 3 is 2.42 bits per heavy atom. The predicted molar refractivity (Wildman–Crippen MR) is 117 cm³/mol. The van der Waals surface area contributed by atoms with Crippen molar-refractivity contribution in [2.24, 2.45) is 0 Å². The number of carbonyl (C=O) groups excluding carboxylic acids is 2. The molecule has 1 aliphatic rings. The average Bonchev–Trinajstić information content (AvgIpc) is 3.12. The van der Waals surface area contributed by atoms with Crippen LogP contribution in [0.25, 0.3) is 0 Å². The maximum Gasteiger partial charge on any atom is 0.417 e. The van der Waals surface area contributed by atoms with Crippen molar-refractivity contribution < 1.29 is 23.8 Å². The number of carbonyl (C=O) groups is 2. The Kier molecular flexibility index (Phi) is 8.38. The Morgan fingerprint density at radius 2 is 1.77 bits per heavy atom. The highest BCUT2D eigenvalue weighted by molar-refractivity contribution is 5.94. The lowest BCUT2D eigenvalue weighted by Gasteiger charge is -2.22. The van der Waals surface area contributed by atoms with E-state index in [1.807, 2.05) is 67.6 Å². The zero-order valence-electron chi connectivity index (χ0n) is 17.9. The molecule has 2 amide bonds. The predicted octanol–water partition coefficient (Wildman–Crippen LogP) is 4.14. The third-order valence-electron chi connectivity index (χ3n) is 4.98. The van der Waals surface area contributed by atoms with Gasteiger partial charge in [0.15, 0.2) is 0 Å². The standard InChI is InChI=1S/C25H29NO5/c1-19(2)13-23(17-29-15-21-11-7-4-8-12-21)30-18-24(27)26-22(16-31-25(26)28)14-20-9-5-3-6-10-20/h3-12,22-23H,1,13-18H2,2H3/t22-,23+/m0/s1. The molecule has 2 aromatic rings. The van der Waals surface area contributed by atoms with Crippen LogP contribution < -0.4 is 0 Å². The molecule has 0 aromatic heterocycles. The number of nitrogens with zero attached hydrogens (tertiary/aromatic N) is 1. The van der Waals surface area contributed by atoms with E-state index >= 15 is 0 Å². The highest BCUT2D eigenvalue weighted by atomic mass is 16.6. The molecule has 3 rings (SSSR count). The number of hydrogen-bond acceptors (Lipinski definition) is 5. The third kappa shape index (κ3) is 7.05. The van der Waals surface area contributed by atoms with E-state index in [1.54, 1.807) is 0 Å². The molecule has 6 heteroatoms. The monoisotopic (exact) mass is 423 g/mol. The molecule has 1 aliphatic heterocycles. The molecule has 0 bridgehead atoms. The fourth-order valence-electron chi connectivity index (χ4n) is 3.50. The number of rotatable bonds is 11. The van der Waals surface area contributed by atoms with Crippen molar-refractivity contribution in [3.63, 3.8) is 0 Å². The summed E-state index contributed by atoms with van der Waals surface area (Å²) in [6.07, 6.45) is 0.177. The largest absolute Gasteiger partial charge is 0.447 e. The minimum absolute atomic E-state index is 0.189. The van der Waals surface area contributed by atoms with Crippen LogP contribution in [0.15, 0.2) is 72.8 Å². The van der Waals surface area contributed by atoms with Crippen LogP contribution in [0.2, 0.25) is 0 Å². The smallest absolute Gasteiger partial charge is 0.417 e. The van der Waals surface area contributed by atoms with Crippen molar-refractivity contribution in [1.82, 2.24) is 4.90 Å². The Morgan fingerprint density at radius 1 is 1.13 bits per heavy atom. The molecule has 164 valence electrons.